The van der Waals surface area contributed by atoms with E-state index in [0.717, 1.165) is 40.8 Å². The maximum atomic E-state index is 5.24. The first kappa shape index (κ1) is 13.3. The molecule has 4 nitrogen and oxygen atoms in total. The van der Waals surface area contributed by atoms with Crippen LogP contribution in [0, 0.1) is 13.8 Å². The molecule has 2 rings (SSSR count). The summed E-state index contributed by atoms with van der Waals surface area (Å²) in [5.74, 6) is 2.43. The zero-order valence-corrected chi connectivity index (χ0v) is 11.8. The van der Waals surface area contributed by atoms with Gasteiger partial charge in [-0.05, 0) is 32.9 Å². The van der Waals surface area contributed by atoms with E-state index in [2.05, 4.69) is 22.2 Å². The second kappa shape index (κ2) is 5.69. The molecule has 0 fully saturated rings. The fourth-order valence-corrected chi connectivity index (χ4v) is 1.86. The summed E-state index contributed by atoms with van der Waals surface area (Å²) in [5, 5.41) is 3.27. The highest BCUT2D eigenvalue weighted by atomic mass is 16.5. The molecule has 2 aromatic rings. The van der Waals surface area contributed by atoms with Crippen molar-refractivity contribution >= 4 is 5.82 Å². The van der Waals surface area contributed by atoms with Crippen molar-refractivity contribution in [1.82, 2.24) is 9.97 Å². The minimum Gasteiger partial charge on any atom is -0.497 e. The van der Waals surface area contributed by atoms with E-state index in [9.17, 15) is 0 Å². The van der Waals surface area contributed by atoms with E-state index in [4.69, 9.17) is 4.74 Å². The van der Waals surface area contributed by atoms with Crippen molar-refractivity contribution in [3.05, 3.63) is 35.5 Å². The summed E-state index contributed by atoms with van der Waals surface area (Å²) < 4.78 is 5.24. The van der Waals surface area contributed by atoms with Crippen LogP contribution in [0.1, 0.15) is 18.2 Å². The molecule has 0 saturated heterocycles. The Hall–Kier alpha value is -2.10. The summed E-state index contributed by atoms with van der Waals surface area (Å²) in [5.41, 5.74) is 3.04. The molecule has 4 heteroatoms. The number of rotatable bonds is 4. The number of nitrogens with zero attached hydrogens (tertiary/aromatic N) is 2. The highest BCUT2D eigenvalue weighted by molar-refractivity contribution is 5.61. The van der Waals surface area contributed by atoms with Gasteiger partial charge in [-0.25, -0.2) is 9.97 Å². The summed E-state index contributed by atoms with van der Waals surface area (Å²) in [7, 11) is 1.66. The molecule has 0 saturated carbocycles. The molecule has 0 aliphatic carbocycles. The van der Waals surface area contributed by atoms with Gasteiger partial charge >= 0.3 is 0 Å². The molecule has 1 N–H and O–H groups in total. The van der Waals surface area contributed by atoms with Crippen molar-refractivity contribution in [2.45, 2.75) is 20.8 Å². The topological polar surface area (TPSA) is 47.0 Å². The predicted octanol–water partition coefficient (Wildman–Crippen LogP) is 3.20. The first-order chi connectivity index (χ1) is 9.15. The van der Waals surface area contributed by atoms with Gasteiger partial charge < -0.3 is 10.1 Å². The Labute approximate surface area is 113 Å². The zero-order chi connectivity index (χ0) is 13.8. The Balaban J connectivity index is 2.49. The Morgan fingerprint density at radius 3 is 2.68 bits per heavy atom. The lowest BCUT2D eigenvalue weighted by atomic mass is 10.1. The molecule has 0 amide bonds. The van der Waals surface area contributed by atoms with Gasteiger partial charge in [-0.15, -0.1) is 0 Å². The van der Waals surface area contributed by atoms with Crippen LogP contribution < -0.4 is 10.1 Å². The van der Waals surface area contributed by atoms with Gasteiger partial charge in [-0.3, -0.25) is 0 Å². The van der Waals surface area contributed by atoms with Gasteiger partial charge in [0, 0.05) is 23.4 Å². The molecule has 0 aliphatic rings. The number of nitrogens with one attached hydrogen (secondary N) is 1. The quantitative estimate of drug-likeness (QED) is 0.913. The number of ether oxygens (including phenoxy) is 1. The molecule has 1 aromatic heterocycles. The Bertz CT molecular complexity index is 582. The minimum atomic E-state index is 0.720. The van der Waals surface area contributed by atoms with E-state index in [0.29, 0.717) is 0 Å². The normalized spacial score (nSPS) is 10.3. The summed E-state index contributed by atoms with van der Waals surface area (Å²) in [6.07, 6.45) is 0. The van der Waals surface area contributed by atoms with Gasteiger partial charge in [-0.2, -0.15) is 0 Å². The fourth-order valence-electron chi connectivity index (χ4n) is 1.86. The maximum absolute atomic E-state index is 5.24. The summed E-state index contributed by atoms with van der Waals surface area (Å²) in [6.45, 7) is 6.93. The summed E-state index contributed by atoms with van der Waals surface area (Å²) >= 11 is 0. The lowest BCUT2D eigenvalue weighted by Gasteiger charge is -2.11. The van der Waals surface area contributed by atoms with Crippen LogP contribution >= 0.6 is 0 Å². The molecule has 100 valence electrons. The van der Waals surface area contributed by atoms with Gasteiger partial charge in [0.1, 0.15) is 11.6 Å². The zero-order valence-electron chi connectivity index (χ0n) is 11.8. The minimum absolute atomic E-state index is 0.720. The van der Waals surface area contributed by atoms with Gasteiger partial charge in [0.05, 0.1) is 7.11 Å². The third-order valence-electron chi connectivity index (χ3n) is 3.06. The number of anilines is 1. The van der Waals surface area contributed by atoms with Crippen LogP contribution in [0.15, 0.2) is 24.3 Å². The average Bonchev–Trinajstić information content (AvgIpc) is 2.44. The monoisotopic (exact) mass is 257 g/mol. The number of methoxy groups -OCH3 is 1. The molecular weight excluding hydrogens is 238 g/mol. The summed E-state index contributed by atoms with van der Waals surface area (Å²) in [4.78, 5) is 9.15. The largest absolute Gasteiger partial charge is 0.497 e. The molecule has 0 atom stereocenters. The standard InChI is InChI=1S/C15H19N3O/c1-5-16-14-10(2)11(3)17-15(18-14)12-7-6-8-13(9-12)19-4/h6-9H,5H2,1-4H3,(H,16,17,18). The number of hydrogen-bond acceptors (Lipinski definition) is 4. The number of aromatic nitrogens is 2. The van der Waals surface area contributed by atoms with Crippen LogP contribution in [0.5, 0.6) is 5.75 Å². The van der Waals surface area contributed by atoms with E-state index < -0.39 is 0 Å². The van der Waals surface area contributed by atoms with E-state index in [-0.39, 0.29) is 0 Å². The first-order valence-electron chi connectivity index (χ1n) is 6.39. The Morgan fingerprint density at radius 1 is 1.21 bits per heavy atom. The van der Waals surface area contributed by atoms with E-state index in [1.54, 1.807) is 7.11 Å². The van der Waals surface area contributed by atoms with E-state index >= 15 is 0 Å². The molecule has 1 heterocycles. The van der Waals surface area contributed by atoms with E-state index in [1.165, 1.54) is 0 Å². The van der Waals surface area contributed by atoms with Gasteiger partial charge in [-0.1, -0.05) is 12.1 Å². The predicted molar refractivity (Wildman–Crippen MR) is 77.7 cm³/mol. The van der Waals surface area contributed by atoms with Gasteiger partial charge in [0.15, 0.2) is 5.82 Å². The van der Waals surface area contributed by atoms with Crippen molar-refractivity contribution < 1.29 is 4.74 Å². The number of hydrogen-bond donors (Lipinski definition) is 1. The van der Waals surface area contributed by atoms with Crippen LogP contribution in [-0.2, 0) is 0 Å². The van der Waals surface area contributed by atoms with Gasteiger partial charge in [0.2, 0.25) is 0 Å². The van der Waals surface area contributed by atoms with Crippen molar-refractivity contribution in [2.24, 2.45) is 0 Å². The molecule has 0 unspecified atom stereocenters. The highest BCUT2D eigenvalue weighted by Gasteiger charge is 2.09. The molecule has 0 spiro atoms. The van der Waals surface area contributed by atoms with Crippen LogP contribution in [0.25, 0.3) is 11.4 Å². The van der Waals surface area contributed by atoms with Crippen molar-refractivity contribution in [2.75, 3.05) is 19.0 Å². The van der Waals surface area contributed by atoms with Crippen LogP contribution in [0.4, 0.5) is 5.82 Å². The number of aryl methyl sites for hydroxylation is 1. The van der Waals surface area contributed by atoms with Crippen molar-refractivity contribution in [1.29, 1.82) is 0 Å². The molecule has 0 aliphatic heterocycles. The second-order valence-electron chi connectivity index (χ2n) is 4.37. The van der Waals surface area contributed by atoms with Crippen LogP contribution in [-0.4, -0.2) is 23.6 Å². The lowest BCUT2D eigenvalue weighted by molar-refractivity contribution is 0.415. The first-order valence-corrected chi connectivity index (χ1v) is 6.39. The molecule has 0 bridgehead atoms. The van der Waals surface area contributed by atoms with Crippen molar-refractivity contribution in [3.63, 3.8) is 0 Å². The van der Waals surface area contributed by atoms with Gasteiger partial charge in [0.25, 0.3) is 0 Å². The third kappa shape index (κ3) is 2.84. The highest BCUT2D eigenvalue weighted by Crippen LogP contribution is 2.24. The number of benzene rings is 1. The average molecular weight is 257 g/mol. The summed E-state index contributed by atoms with van der Waals surface area (Å²) in [6, 6.07) is 7.79. The molecule has 1 aromatic carbocycles. The third-order valence-corrected chi connectivity index (χ3v) is 3.06. The second-order valence-corrected chi connectivity index (χ2v) is 4.37. The molecule has 0 radical (unpaired) electrons. The Morgan fingerprint density at radius 2 is 2.00 bits per heavy atom. The SMILES string of the molecule is CCNc1nc(-c2cccc(OC)c2)nc(C)c1C. The smallest absolute Gasteiger partial charge is 0.161 e. The fraction of sp³-hybridized carbons (Fsp3) is 0.333. The van der Waals surface area contributed by atoms with Crippen LogP contribution in [0.3, 0.4) is 0 Å². The van der Waals surface area contributed by atoms with Crippen molar-refractivity contribution in [3.8, 4) is 17.1 Å². The molecule has 19 heavy (non-hydrogen) atoms. The Kier molecular flexibility index (Phi) is 4.00. The van der Waals surface area contributed by atoms with E-state index in [1.807, 2.05) is 38.1 Å². The molecular formula is C15H19N3O. The lowest BCUT2D eigenvalue weighted by Crippen LogP contribution is -2.06. The van der Waals surface area contributed by atoms with Crippen LogP contribution in [0.2, 0.25) is 0 Å². The maximum Gasteiger partial charge on any atom is 0.161 e.